The Morgan fingerprint density at radius 1 is 1.14 bits per heavy atom. The molecule has 0 saturated heterocycles. The maximum Gasteiger partial charge on any atom is 0.349 e. The first-order valence-corrected chi connectivity index (χ1v) is 6.60. The first kappa shape index (κ1) is 17.4. The predicted molar refractivity (Wildman–Crippen MR) is 80.9 cm³/mol. The number of benzene rings is 1. The van der Waals surface area contributed by atoms with Crippen LogP contribution in [-0.4, -0.2) is 33.4 Å². The van der Waals surface area contributed by atoms with Gasteiger partial charge in [0.1, 0.15) is 11.6 Å². The molecule has 0 aliphatic heterocycles. The van der Waals surface area contributed by atoms with Crippen LogP contribution in [-0.2, 0) is 9.53 Å². The van der Waals surface area contributed by atoms with Gasteiger partial charge in [-0.05, 0) is 32.1 Å². The van der Waals surface area contributed by atoms with Crippen LogP contribution < -0.4 is 14.2 Å². The van der Waals surface area contributed by atoms with Crippen LogP contribution >= 0.6 is 0 Å². The molecular weight excluding hydrogens is 286 g/mol. The fourth-order valence-corrected chi connectivity index (χ4v) is 1.81. The highest BCUT2D eigenvalue weighted by Gasteiger charge is 2.18. The smallest absolute Gasteiger partial charge is 0.349 e. The summed E-state index contributed by atoms with van der Waals surface area (Å²) in [4.78, 5) is 11.9. The average Bonchev–Trinajstić information content (AvgIpc) is 2.50. The lowest BCUT2D eigenvalue weighted by Gasteiger charge is -2.14. The number of methoxy groups -OCH3 is 3. The molecule has 0 heterocycles. The standard InChI is InChI=1S/C16H19NO5/c1-10(2)22-16(18)12(9-17)8-11-6-7-13(19-3)15(21-5)14(11)20-4/h6-8,10H,1-5H3/b12-8+. The molecule has 0 aromatic heterocycles. The van der Waals surface area contributed by atoms with E-state index in [2.05, 4.69) is 0 Å². The Labute approximate surface area is 129 Å². The number of nitriles is 1. The van der Waals surface area contributed by atoms with E-state index in [4.69, 9.17) is 24.2 Å². The van der Waals surface area contributed by atoms with E-state index in [1.54, 1.807) is 26.0 Å². The van der Waals surface area contributed by atoms with Gasteiger partial charge in [0.25, 0.3) is 0 Å². The lowest BCUT2D eigenvalue weighted by Crippen LogP contribution is -2.12. The summed E-state index contributed by atoms with van der Waals surface area (Å²) in [7, 11) is 4.45. The maximum absolute atomic E-state index is 11.9. The van der Waals surface area contributed by atoms with Gasteiger partial charge in [0, 0.05) is 5.56 Å². The molecule has 118 valence electrons. The number of rotatable bonds is 6. The lowest BCUT2D eigenvalue weighted by molar-refractivity contribution is -0.142. The third kappa shape index (κ3) is 3.92. The number of hydrogen-bond acceptors (Lipinski definition) is 6. The first-order chi connectivity index (χ1) is 10.5. The van der Waals surface area contributed by atoms with Crippen molar-refractivity contribution in [3.63, 3.8) is 0 Å². The fraction of sp³-hybridized carbons (Fsp3) is 0.375. The Bertz CT molecular complexity index is 614. The molecule has 22 heavy (non-hydrogen) atoms. The summed E-state index contributed by atoms with van der Waals surface area (Å²) in [6.07, 6.45) is 1.09. The van der Waals surface area contributed by atoms with Crippen molar-refractivity contribution in [1.82, 2.24) is 0 Å². The third-order valence-corrected chi connectivity index (χ3v) is 2.72. The van der Waals surface area contributed by atoms with Crippen molar-refractivity contribution >= 4 is 12.0 Å². The molecule has 0 unspecified atom stereocenters. The molecule has 0 aliphatic carbocycles. The second-order valence-corrected chi connectivity index (χ2v) is 4.55. The summed E-state index contributed by atoms with van der Waals surface area (Å²) in [6.45, 7) is 3.42. The third-order valence-electron chi connectivity index (χ3n) is 2.72. The molecule has 0 bridgehead atoms. The first-order valence-electron chi connectivity index (χ1n) is 6.60. The van der Waals surface area contributed by atoms with Gasteiger partial charge in [-0.3, -0.25) is 0 Å². The molecular formula is C16H19NO5. The van der Waals surface area contributed by atoms with Gasteiger partial charge >= 0.3 is 5.97 Å². The normalized spacial score (nSPS) is 10.9. The highest BCUT2D eigenvalue weighted by atomic mass is 16.5. The monoisotopic (exact) mass is 305 g/mol. The predicted octanol–water partition coefficient (Wildman–Crippen LogP) is 2.57. The topological polar surface area (TPSA) is 77.8 Å². The molecule has 0 amide bonds. The Morgan fingerprint density at radius 2 is 1.77 bits per heavy atom. The molecule has 1 rings (SSSR count). The molecule has 0 saturated carbocycles. The Balaban J connectivity index is 3.34. The molecule has 1 aromatic carbocycles. The Kier molecular flexibility index (Phi) is 6.26. The van der Waals surface area contributed by atoms with Crippen LogP contribution in [0, 0.1) is 11.3 Å². The van der Waals surface area contributed by atoms with Crippen molar-refractivity contribution in [2.75, 3.05) is 21.3 Å². The van der Waals surface area contributed by atoms with Crippen molar-refractivity contribution in [3.05, 3.63) is 23.3 Å². The summed E-state index contributed by atoms with van der Waals surface area (Å²) in [5.41, 5.74) is 0.386. The molecule has 0 aliphatic rings. The van der Waals surface area contributed by atoms with E-state index in [-0.39, 0.29) is 11.7 Å². The van der Waals surface area contributed by atoms with Crippen LogP contribution in [0.1, 0.15) is 19.4 Å². The zero-order chi connectivity index (χ0) is 16.7. The minimum absolute atomic E-state index is 0.126. The van der Waals surface area contributed by atoms with Crippen molar-refractivity contribution < 1.29 is 23.7 Å². The van der Waals surface area contributed by atoms with Gasteiger partial charge in [0.05, 0.1) is 27.4 Å². The second kappa shape index (κ2) is 7.93. The molecule has 0 fully saturated rings. The fourth-order valence-electron chi connectivity index (χ4n) is 1.81. The molecule has 0 spiro atoms. The number of nitrogens with zero attached hydrogens (tertiary/aromatic N) is 1. The highest BCUT2D eigenvalue weighted by molar-refractivity contribution is 5.98. The van der Waals surface area contributed by atoms with Crippen molar-refractivity contribution in [3.8, 4) is 23.3 Å². The van der Waals surface area contributed by atoms with Gasteiger partial charge in [-0.1, -0.05) is 0 Å². The average molecular weight is 305 g/mol. The highest BCUT2D eigenvalue weighted by Crippen LogP contribution is 2.40. The zero-order valence-corrected chi connectivity index (χ0v) is 13.3. The second-order valence-electron chi connectivity index (χ2n) is 4.55. The van der Waals surface area contributed by atoms with Crippen LogP contribution in [0.25, 0.3) is 6.08 Å². The number of carbonyl (C=O) groups is 1. The van der Waals surface area contributed by atoms with Crippen LogP contribution in [0.5, 0.6) is 17.2 Å². The summed E-state index contributed by atoms with van der Waals surface area (Å²) < 4.78 is 20.8. The van der Waals surface area contributed by atoms with Crippen LogP contribution in [0.2, 0.25) is 0 Å². The molecule has 1 aromatic rings. The van der Waals surface area contributed by atoms with E-state index in [0.29, 0.717) is 22.8 Å². The summed E-state index contributed by atoms with van der Waals surface area (Å²) in [6, 6.07) is 5.16. The number of carbonyl (C=O) groups excluding carboxylic acids is 1. The van der Waals surface area contributed by atoms with Gasteiger partial charge < -0.3 is 18.9 Å². The van der Waals surface area contributed by atoms with E-state index in [9.17, 15) is 4.79 Å². The van der Waals surface area contributed by atoms with Gasteiger partial charge in [-0.25, -0.2) is 4.79 Å². The van der Waals surface area contributed by atoms with E-state index >= 15 is 0 Å². The molecule has 0 radical (unpaired) electrons. The van der Waals surface area contributed by atoms with E-state index in [1.165, 1.54) is 27.4 Å². The van der Waals surface area contributed by atoms with Crippen LogP contribution in [0.3, 0.4) is 0 Å². The van der Waals surface area contributed by atoms with E-state index in [1.807, 2.05) is 6.07 Å². The minimum Gasteiger partial charge on any atom is -0.493 e. The summed E-state index contributed by atoms with van der Waals surface area (Å²) >= 11 is 0. The number of hydrogen-bond donors (Lipinski definition) is 0. The quantitative estimate of drug-likeness (QED) is 0.456. The SMILES string of the molecule is COc1ccc(/C=C(\C#N)C(=O)OC(C)C)c(OC)c1OC. The van der Waals surface area contributed by atoms with E-state index in [0.717, 1.165) is 0 Å². The maximum atomic E-state index is 11.9. The largest absolute Gasteiger partial charge is 0.493 e. The van der Waals surface area contributed by atoms with Crippen molar-refractivity contribution in [2.45, 2.75) is 20.0 Å². The van der Waals surface area contributed by atoms with Gasteiger partial charge in [0.2, 0.25) is 5.75 Å². The number of esters is 1. The molecule has 0 atom stereocenters. The summed E-state index contributed by atoms with van der Waals surface area (Å²) in [5.74, 6) is 0.550. The van der Waals surface area contributed by atoms with Gasteiger partial charge in [-0.15, -0.1) is 0 Å². The van der Waals surface area contributed by atoms with Crippen LogP contribution in [0.15, 0.2) is 17.7 Å². The van der Waals surface area contributed by atoms with Crippen molar-refractivity contribution in [1.29, 1.82) is 5.26 Å². The van der Waals surface area contributed by atoms with Crippen molar-refractivity contribution in [2.24, 2.45) is 0 Å². The zero-order valence-electron chi connectivity index (χ0n) is 13.3. The Hall–Kier alpha value is -2.68. The molecule has 6 heteroatoms. The molecule has 6 nitrogen and oxygen atoms in total. The minimum atomic E-state index is -0.686. The van der Waals surface area contributed by atoms with E-state index < -0.39 is 5.97 Å². The Morgan fingerprint density at radius 3 is 2.23 bits per heavy atom. The van der Waals surface area contributed by atoms with Crippen LogP contribution in [0.4, 0.5) is 0 Å². The number of ether oxygens (including phenoxy) is 4. The lowest BCUT2D eigenvalue weighted by atomic mass is 10.1. The van der Waals surface area contributed by atoms with Gasteiger partial charge in [-0.2, -0.15) is 5.26 Å². The summed E-state index contributed by atoms with van der Waals surface area (Å²) in [5, 5.41) is 9.15. The molecule has 0 N–H and O–H groups in total. The van der Waals surface area contributed by atoms with Gasteiger partial charge in [0.15, 0.2) is 11.5 Å².